The predicted molar refractivity (Wildman–Crippen MR) is 115 cm³/mol. The first-order valence-electron chi connectivity index (χ1n) is 8.84. The van der Waals surface area contributed by atoms with Gasteiger partial charge in [-0.05, 0) is 48.2 Å². The average Bonchev–Trinajstić information content (AvgIpc) is 3.16. The van der Waals surface area contributed by atoms with Crippen molar-refractivity contribution in [2.75, 3.05) is 26.8 Å². The van der Waals surface area contributed by atoms with Crippen molar-refractivity contribution in [1.82, 2.24) is 14.8 Å². The monoisotopic (exact) mass is 427 g/mol. The van der Waals surface area contributed by atoms with Crippen molar-refractivity contribution < 1.29 is 19.0 Å². The summed E-state index contributed by atoms with van der Waals surface area (Å²) in [5, 5.41) is 13.2. The van der Waals surface area contributed by atoms with E-state index in [1.54, 1.807) is 30.9 Å². The van der Waals surface area contributed by atoms with Gasteiger partial charge in [0.25, 0.3) is 0 Å². The summed E-state index contributed by atoms with van der Waals surface area (Å²) in [5.41, 5.74) is 4.31. The van der Waals surface area contributed by atoms with Gasteiger partial charge in [0.1, 0.15) is 11.5 Å². The van der Waals surface area contributed by atoms with Crippen LogP contribution in [0.15, 0.2) is 58.8 Å². The van der Waals surface area contributed by atoms with E-state index in [0.29, 0.717) is 22.4 Å². The highest BCUT2D eigenvalue weighted by Gasteiger charge is 2.20. The Kier molecular flexibility index (Phi) is 6.91. The minimum absolute atomic E-state index is 0.0696. The van der Waals surface area contributed by atoms with E-state index in [2.05, 4.69) is 20.7 Å². The van der Waals surface area contributed by atoms with Gasteiger partial charge in [0.05, 0.1) is 27.0 Å². The second kappa shape index (κ2) is 9.79. The number of para-hydroxylation sites is 2. The van der Waals surface area contributed by atoms with Gasteiger partial charge in [-0.1, -0.05) is 12.1 Å². The van der Waals surface area contributed by atoms with Crippen molar-refractivity contribution in [2.24, 2.45) is 12.1 Å². The van der Waals surface area contributed by atoms with Crippen LogP contribution in [0.5, 0.6) is 11.5 Å². The molecule has 3 rings (SSSR count). The number of esters is 1. The summed E-state index contributed by atoms with van der Waals surface area (Å²) >= 11 is 1.04. The number of thioether (sulfide) groups is 1. The average molecular weight is 427 g/mol. The van der Waals surface area contributed by atoms with Crippen LogP contribution in [-0.2, 0) is 16.6 Å². The molecule has 1 N–H and O–H groups in total. The van der Waals surface area contributed by atoms with Crippen LogP contribution in [-0.4, -0.2) is 47.1 Å². The number of hydrogen-bond acceptors (Lipinski definition) is 9. The molecule has 156 valence electrons. The van der Waals surface area contributed by atoms with Gasteiger partial charge in [-0.2, -0.15) is 5.10 Å². The molecule has 1 heterocycles. The molecule has 0 saturated heterocycles. The molecule has 10 heteroatoms. The largest absolute Gasteiger partial charge is 0.497 e. The zero-order valence-corrected chi connectivity index (χ0v) is 17.8. The molecule has 3 aromatic rings. The number of ether oxygens (including phenoxy) is 3. The molecule has 30 heavy (non-hydrogen) atoms. The number of carbonyl (C=O) groups is 1. The topological polar surface area (TPSA) is 99.9 Å². The van der Waals surface area contributed by atoms with Crippen molar-refractivity contribution in [1.29, 1.82) is 0 Å². The van der Waals surface area contributed by atoms with E-state index in [0.717, 1.165) is 23.1 Å². The van der Waals surface area contributed by atoms with Gasteiger partial charge in [0.15, 0.2) is 11.0 Å². The molecule has 0 spiro atoms. The van der Waals surface area contributed by atoms with Crippen molar-refractivity contribution in [2.45, 2.75) is 5.16 Å². The lowest BCUT2D eigenvalue weighted by Gasteiger charge is -2.09. The Labute approximate surface area is 178 Å². The van der Waals surface area contributed by atoms with E-state index in [1.807, 2.05) is 43.4 Å². The Morgan fingerprint density at radius 3 is 2.43 bits per heavy atom. The molecular formula is C20H21N5O4S. The molecule has 0 aliphatic heterocycles. The number of aromatic nitrogens is 3. The smallest absolute Gasteiger partial charge is 0.365 e. The molecule has 0 aliphatic carbocycles. The number of hydrogen-bond donors (Lipinski definition) is 1. The van der Waals surface area contributed by atoms with E-state index < -0.39 is 5.97 Å². The summed E-state index contributed by atoms with van der Waals surface area (Å²) in [6, 6.07) is 14.7. The van der Waals surface area contributed by atoms with Crippen LogP contribution in [0, 0.1) is 0 Å². The van der Waals surface area contributed by atoms with Gasteiger partial charge in [-0.25, -0.2) is 4.79 Å². The number of methoxy groups -OCH3 is 3. The first kappa shape index (κ1) is 21.2. The first-order valence-corrected chi connectivity index (χ1v) is 9.65. The second-order valence-electron chi connectivity index (χ2n) is 5.92. The summed E-state index contributed by atoms with van der Waals surface area (Å²) in [7, 11) is 6.27. The number of carbonyl (C=O) groups excluding carboxylic acids is 1. The summed E-state index contributed by atoms with van der Waals surface area (Å²) < 4.78 is 17.1. The Hall–Kier alpha value is -3.53. The van der Waals surface area contributed by atoms with E-state index in [9.17, 15) is 4.79 Å². The van der Waals surface area contributed by atoms with E-state index in [1.165, 1.54) is 7.11 Å². The number of anilines is 1. The summed E-state index contributed by atoms with van der Waals surface area (Å²) in [5.74, 6) is 1.38. The van der Waals surface area contributed by atoms with Gasteiger partial charge in [0, 0.05) is 12.6 Å². The normalized spacial score (nSPS) is 11.1. The molecular weight excluding hydrogens is 406 g/mol. The Balaban J connectivity index is 1.85. The highest BCUT2D eigenvalue weighted by molar-refractivity contribution is 8.15. The molecule has 0 bridgehead atoms. The number of hydrazone groups is 1. The summed E-state index contributed by atoms with van der Waals surface area (Å²) in [4.78, 5) is 12.2. The molecule has 0 atom stereocenters. The third-order valence-corrected chi connectivity index (χ3v) is 5.11. The number of nitrogens with zero attached hydrogens (tertiary/aromatic N) is 4. The number of rotatable bonds is 6. The van der Waals surface area contributed by atoms with Crippen molar-refractivity contribution in [3.63, 3.8) is 0 Å². The maximum atomic E-state index is 12.2. The van der Waals surface area contributed by atoms with Gasteiger partial charge in [-0.3, -0.25) is 5.43 Å². The predicted octanol–water partition coefficient (Wildman–Crippen LogP) is 3.19. The maximum absolute atomic E-state index is 12.2. The van der Waals surface area contributed by atoms with Crippen molar-refractivity contribution in [3.8, 4) is 22.9 Å². The van der Waals surface area contributed by atoms with Crippen molar-refractivity contribution in [3.05, 3.63) is 48.5 Å². The lowest BCUT2D eigenvalue weighted by atomic mass is 10.2. The lowest BCUT2D eigenvalue weighted by molar-refractivity contribution is -0.132. The third-order valence-electron chi connectivity index (χ3n) is 4.12. The second-order valence-corrected chi connectivity index (χ2v) is 6.87. The summed E-state index contributed by atoms with van der Waals surface area (Å²) in [6.07, 6.45) is 0. The Bertz CT molecular complexity index is 1050. The van der Waals surface area contributed by atoms with Crippen LogP contribution in [0.2, 0.25) is 0 Å². The van der Waals surface area contributed by atoms with Gasteiger partial charge in [-0.15, -0.1) is 10.2 Å². The molecule has 0 saturated carbocycles. The van der Waals surface area contributed by atoms with Gasteiger partial charge >= 0.3 is 5.97 Å². The van der Waals surface area contributed by atoms with E-state index in [4.69, 9.17) is 14.2 Å². The zero-order chi connectivity index (χ0) is 21.5. The third kappa shape index (κ3) is 4.71. The van der Waals surface area contributed by atoms with Crippen LogP contribution in [0.25, 0.3) is 11.4 Å². The molecule has 0 fully saturated rings. The van der Waals surface area contributed by atoms with E-state index in [-0.39, 0.29) is 5.04 Å². The quantitative estimate of drug-likeness (QED) is 0.210. The molecule has 0 amide bonds. The molecule has 9 nitrogen and oxygen atoms in total. The van der Waals surface area contributed by atoms with Gasteiger partial charge in [0.2, 0.25) is 5.04 Å². The molecule has 0 aliphatic rings. The van der Waals surface area contributed by atoms with Crippen LogP contribution in [0.1, 0.15) is 0 Å². The fourth-order valence-corrected chi connectivity index (χ4v) is 3.26. The van der Waals surface area contributed by atoms with Gasteiger partial charge < -0.3 is 18.8 Å². The van der Waals surface area contributed by atoms with Crippen LogP contribution in [0.3, 0.4) is 0 Å². The standard InChI is InChI=1S/C20H21N5O4S/c1-25-17(13-9-11-14(27-2)12-10-13)22-24-20(25)30-18(19(26)29-4)23-21-15-7-5-6-8-16(15)28-3/h5-12,21H,1-4H3/b23-18+. The molecule has 0 radical (unpaired) electrons. The van der Waals surface area contributed by atoms with Crippen LogP contribution < -0.4 is 14.9 Å². The van der Waals surface area contributed by atoms with Crippen molar-refractivity contribution >= 4 is 28.5 Å². The number of nitrogens with one attached hydrogen (secondary N) is 1. The highest BCUT2D eigenvalue weighted by Crippen LogP contribution is 2.27. The minimum Gasteiger partial charge on any atom is -0.497 e. The van der Waals surface area contributed by atoms with Crippen LogP contribution >= 0.6 is 11.8 Å². The SMILES string of the molecule is COC(=O)/C(=N\Nc1ccccc1OC)Sc1nnc(-c2ccc(OC)cc2)n1C. The highest BCUT2D eigenvalue weighted by atomic mass is 32.2. The molecule has 0 unspecified atom stereocenters. The zero-order valence-electron chi connectivity index (χ0n) is 16.9. The molecule has 2 aromatic carbocycles. The maximum Gasteiger partial charge on any atom is 0.365 e. The number of benzene rings is 2. The molecule has 1 aromatic heterocycles. The fourth-order valence-electron chi connectivity index (χ4n) is 2.53. The fraction of sp³-hybridized carbons (Fsp3) is 0.200. The Morgan fingerprint density at radius 1 is 1.03 bits per heavy atom. The van der Waals surface area contributed by atoms with Crippen LogP contribution in [0.4, 0.5) is 5.69 Å². The van der Waals surface area contributed by atoms with E-state index >= 15 is 0 Å². The lowest BCUT2D eigenvalue weighted by Crippen LogP contribution is -2.15. The summed E-state index contributed by atoms with van der Waals surface area (Å²) in [6.45, 7) is 0. The Morgan fingerprint density at radius 2 is 1.77 bits per heavy atom. The first-order chi connectivity index (χ1) is 14.6. The minimum atomic E-state index is -0.601.